The van der Waals surface area contributed by atoms with E-state index in [2.05, 4.69) is 5.32 Å². The molecule has 7 nitrogen and oxygen atoms in total. The van der Waals surface area contributed by atoms with Gasteiger partial charge in [-0.25, -0.2) is 9.69 Å². The highest BCUT2D eigenvalue weighted by Gasteiger charge is 2.38. The average molecular weight is 442 g/mol. The molecule has 1 aliphatic heterocycles. The van der Waals surface area contributed by atoms with Crippen molar-refractivity contribution >= 4 is 35.1 Å². The molecule has 166 valence electrons. The molecule has 3 aromatic carbocycles. The number of carbonyl (C=O) groups is 4. The van der Waals surface area contributed by atoms with Crippen LogP contribution in [0.4, 0.5) is 11.4 Å². The molecule has 0 aromatic heterocycles. The van der Waals surface area contributed by atoms with Crippen LogP contribution in [0.3, 0.4) is 0 Å². The first-order valence-electron chi connectivity index (χ1n) is 10.4. The summed E-state index contributed by atoms with van der Waals surface area (Å²) in [5, 5.41) is 2.64. The Kier molecular flexibility index (Phi) is 5.79. The maximum Gasteiger partial charge on any atom is 0.338 e. The van der Waals surface area contributed by atoms with Crippen molar-refractivity contribution in [3.8, 4) is 0 Å². The molecule has 33 heavy (non-hydrogen) atoms. The van der Waals surface area contributed by atoms with Gasteiger partial charge >= 0.3 is 5.97 Å². The van der Waals surface area contributed by atoms with Crippen LogP contribution in [0.25, 0.3) is 0 Å². The minimum absolute atomic E-state index is 0.0841. The predicted molar refractivity (Wildman–Crippen MR) is 124 cm³/mol. The lowest BCUT2D eigenvalue weighted by Gasteiger charge is -2.17. The van der Waals surface area contributed by atoms with E-state index in [1.807, 2.05) is 45.0 Å². The second kappa shape index (κ2) is 8.70. The maximum atomic E-state index is 13.0. The van der Waals surface area contributed by atoms with Gasteiger partial charge in [0.25, 0.3) is 17.7 Å². The third-order valence-corrected chi connectivity index (χ3v) is 5.40. The third kappa shape index (κ3) is 4.39. The zero-order valence-corrected chi connectivity index (χ0v) is 18.5. The van der Waals surface area contributed by atoms with Gasteiger partial charge in [0, 0.05) is 5.69 Å². The molecule has 1 heterocycles. The van der Waals surface area contributed by atoms with E-state index in [0.717, 1.165) is 21.6 Å². The zero-order valence-electron chi connectivity index (χ0n) is 18.5. The Morgan fingerprint density at radius 3 is 2.21 bits per heavy atom. The maximum absolute atomic E-state index is 13.0. The number of aryl methyl sites for hydroxylation is 3. The monoisotopic (exact) mass is 442 g/mol. The summed E-state index contributed by atoms with van der Waals surface area (Å²) in [7, 11) is 0. The minimum Gasteiger partial charge on any atom is -0.452 e. The minimum atomic E-state index is -0.762. The third-order valence-electron chi connectivity index (χ3n) is 5.40. The van der Waals surface area contributed by atoms with Gasteiger partial charge in [0.05, 0.1) is 22.4 Å². The standard InChI is InChI=1S/C26H22N2O5/c1-15-5-9-19(10-6-15)27-23(29)14-33-26(32)18-8-11-20-21(13-18)25(31)28(24(20)30)22-12-16(2)4-7-17(22)3/h4-13H,14H2,1-3H3,(H,27,29). The predicted octanol–water partition coefficient (Wildman–Crippen LogP) is 4.21. The van der Waals surface area contributed by atoms with Gasteiger partial charge in [0.2, 0.25) is 0 Å². The number of anilines is 2. The normalized spacial score (nSPS) is 12.5. The van der Waals surface area contributed by atoms with Crippen molar-refractivity contribution in [2.24, 2.45) is 0 Å². The smallest absolute Gasteiger partial charge is 0.338 e. The SMILES string of the molecule is Cc1ccc(NC(=O)COC(=O)c2ccc3c(c2)C(=O)N(c2cc(C)ccc2C)C3=O)cc1. The lowest BCUT2D eigenvalue weighted by Crippen LogP contribution is -2.30. The van der Waals surface area contributed by atoms with Crippen molar-refractivity contribution < 1.29 is 23.9 Å². The molecule has 3 amide bonds. The zero-order chi connectivity index (χ0) is 23.7. The summed E-state index contributed by atoms with van der Waals surface area (Å²) in [6.07, 6.45) is 0. The van der Waals surface area contributed by atoms with E-state index >= 15 is 0 Å². The number of amides is 3. The number of benzene rings is 3. The summed E-state index contributed by atoms with van der Waals surface area (Å²) < 4.78 is 5.09. The Labute approximate surface area is 191 Å². The Balaban J connectivity index is 1.47. The quantitative estimate of drug-likeness (QED) is 0.472. The number of ether oxygens (including phenoxy) is 1. The van der Waals surface area contributed by atoms with Crippen molar-refractivity contribution in [3.05, 3.63) is 94.0 Å². The number of hydrogen-bond donors (Lipinski definition) is 1. The summed E-state index contributed by atoms with van der Waals surface area (Å²) in [5.41, 5.74) is 4.29. The van der Waals surface area contributed by atoms with E-state index in [0.29, 0.717) is 11.4 Å². The average Bonchev–Trinajstić information content (AvgIpc) is 3.05. The summed E-state index contributed by atoms with van der Waals surface area (Å²) in [6.45, 7) is 5.15. The summed E-state index contributed by atoms with van der Waals surface area (Å²) in [6, 6.07) is 16.9. The van der Waals surface area contributed by atoms with Gasteiger partial charge in [-0.05, 0) is 68.3 Å². The van der Waals surface area contributed by atoms with Gasteiger partial charge in [0.15, 0.2) is 6.61 Å². The van der Waals surface area contributed by atoms with Crippen LogP contribution in [0.2, 0.25) is 0 Å². The van der Waals surface area contributed by atoms with Crippen LogP contribution in [0.15, 0.2) is 60.7 Å². The van der Waals surface area contributed by atoms with Crippen LogP contribution in [0.5, 0.6) is 0 Å². The molecule has 0 saturated carbocycles. The van der Waals surface area contributed by atoms with E-state index in [9.17, 15) is 19.2 Å². The molecule has 0 unspecified atom stereocenters. The van der Waals surface area contributed by atoms with Gasteiger partial charge in [-0.1, -0.05) is 29.8 Å². The highest BCUT2D eigenvalue weighted by Crippen LogP contribution is 2.31. The first-order valence-corrected chi connectivity index (χ1v) is 10.4. The molecule has 0 fully saturated rings. The van der Waals surface area contributed by atoms with Crippen LogP contribution in [0, 0.1) is 20.8 Å². The number of rotatable bonds is 5. The lowest BCUT2D eigenvalue weighted by molar-refractivity contribution is -0.119. The fraction of sp³-hybridized carbons (Fsp3) is 0.154. The molecular weight excluding hydrogens is 420 g/mol. The largest absolute Gasteiger partial charge is 0.452 e. The summed E-state index contributed by atoms with van der Waals surface area (Å²) >= 11 is 0. The van der Waals surface area contributed by atoms with Gasteiger partial charge in [-0.2, -0.15) is 0 Å². The second-order valence-electron chi connectivity index (χ2n) is 7.99. The molecule has 0 aliphatic carbocycles. The molecule has 0 spiro atoms. The topological polar surface area (TPSA) is 92.8 Å². The van der Waals surface area contributed by atoms with Crippen molar-refractivity contribution in [1.29, 1.82) is 0 Å². The Morgan fingerprint density at radius 2 is 1.48 bits per heavy atom. The summed E-state index contributed by atoms with van der Waals surface area (Å²) in [5.74, 6) is -2.19. The second-order valence-corrected chi connectivity index (χ2v) is 7.99. The van der Waals surface area contributed by atoms with E-state index in [-0.39, 0.29) is 16.7 Å². The van der Waals surface area contributed by atoms with Crippen LogP contribution >= 0.6 is 0 Å². The van der Waals surface area contributed by atoms with E-state index < -0.39 is 30.3 Å². The highest BCUT2D eigenvalue weighted by molar-refractivity contribution is 6.35. The van der Waals surface area contributed by atoms with Gasteiger partial charge in [0.1, 0.15) is 0 Å². The van der Waals surface area contributed by atoms with Crippen LogP contribution in [0.1, 0.15) is 47.8 Å². The Morgan fingerprint density at radius 1 is 0.818 bits per heavy atom. The first kappa shape index (κ1) is 22.0. The fourth-order valence-electron chi connectivity index (χ4n) is 3.60. The molecule has 0 radical (unpaired) electrons. The number of imide groups is 1. The van der Waals surface area contributed by atoms with Crippen LogP contribution in [-0.2, 0) is 9.53 Å². The van der Waals surface area contributed by atoms with E-state index in [1.54, 1.807) is 18.2 Å². The van der Waals surface area contributed by atoms with Gasteiger partial charge < -0.3 is 10.1 Å². The number of esters is 1. The van der Waals surface area contributed by atoms with Crippen LogP contribution < -0.4 is 10.2 Å². The van der Waals surface area contributed by atoms with Crippen molar-refractivity contribution in [1.82, 2.24) is 0 Å². The molecule has 7 heteroatoms. The van der Waals surface area contributed by atoms with E-state index in [1.165, 1.54) is 18.2 Å². The Hall–Kier alpha value is -4.26. The molecule has 0 bridgehead atoms. The van der Waals surface area contributed by atoms with E-state index in [4.69, 9.17) is 4.74 Å². The first-order chi connectivity index (χ1) is 15.7. The molecule has 4 rings (SSSR count). The number of nitrogens with zero attached hydrogens (tertiary/aromatic N) is 1. The molecule has 0 saturated heterocycles. The molecule has 1 N–H and O–H groups in total. The van der Waals surface area contributed by atoms with Crippen LogP contribution in [-0.4, -0.2) is 30.3 Å². The summed E-state index contributed by atoms with van der Waals surface area (Å²) in [4.78, 5) is 51.6. The number of carbonyl (C=O) groups excluding carboxylic acids is 4. The lowest BCUT2D eigenvalue weighted by atomic mass is 10.1. The number of nitrogens with one attached hydrogen (secondary N) is 1. The van der Waals surface area contributed by atoms with Crippen molar-refractivity contribution in [3.63, 3.8) is 0 Å². The molecular formula is C26H22N2O5. The Bertz CT molecular complexity index is 1290. The molecule has 0 atom stereocenters. The number of hydrogen-bond acceptors (Lipinski definition) is 5. The van der Waals surface area contributed by atoms with Crippen molar-refractivity contribution in [2.75, 3.05) is 16.8 Å². The molecule has 1 aliphatic rings. The fourth-order valence-corrected chi connectivity index (χ4v) is 3.60. The van der Waals surface area contributed by atoms with Crippen molar-refractivity contribution in [2.45, 2.75) is 20.8 Å². The van der Waals surface area contributed by atoms with Gasteiger partial charge in [-0.15, -0.1) is 0 Å². The molecule has 3 aromatic rings. The van der Waals surface area contributed by atoms with Gasteiger partial charge in [-0.3, -0.25) is 14.4 Å². The number of fused-ring (bicyclic) bond motifs is 1. The highest BCUT2D eigenvalue weighted by atomic mass is 16.5.